The lowest BCUT2D eigenvalue weighted by Crippen LogP contribution is -2.09. The van der Waals surface area contributed by atoms with E-state index in [0.717, 1.165) is 19.4 Å². The fourth-order valence-electron chi connectivity index (χ4n) is 1.27. The van der Waals surface area contributed by atoms with Crippen LogP contribution in [0.2, 0.25) is 0 Å². The molecule has 1 rings (SSSR count). The third-order valence-corrected chi connectivity index (χ3v) is 2.92. The molecule has 2 nitrogen and oxygen atoms in total. The molecule has 0 aliphatic rings. The van der Waals surface area contributed by atoms with Gasteiger partial charge in [0.05, 0.1) is 0 Å². The van der Waals surface area contributed by atoms with Crippen LogP contribution >= 0.6 is 11.3 Å². The molecular weight excluding hydrogens is 182 g/mol. The Balaban J connectivity index is 2.35. The number of methoxy groups -OCH3 is 1. The molecule has 0 aliphatic heterocycles. The van der Waals surface area contributed by atoms with E-state index in [1.807, 2.05) is 0 Å². The normalized spacial score (nSPS) is 13.2. The molecule has 1 heterocycles. The summed E-state index contributed by atoms with van der Waals surface area (Å²) in [5.74, 6) is 0. The van der Waals surface area contributed by atoms with Gasteiger partial charge in [-0.1, -0.05) is 0 Å². The van der Waals surface area contributed by atoms with Crippen molar-refractivity contribution in [1.82, 2.24) is 0 Å². The topological polar surface area (TPSA) is 35.2 Å². The van der Waals surface area contributed by atoms with Gasteiger partial charge in [-0.25, -0.2) is 0 Å². The molecule has 74 valence electrons. The largest absolute Gasteiger partial charge is 0.385 e. The van der Waals surface area contributed by atoms with Crippen molar-refractivity contribution in [2.24, 2.45) is 5.73 Å². The quantitative estimate of drug-likeness (QED) is 0.739. The molecule has 13 heavy (non-hydrogen) atoms. The number of hydrogen-bond donors (Lipinski definition) is 1. The van der Waals surface area contributed by atoms with Crippen molar-refractivity contribution < 1.29 is 4.74 Å². The molecule has 0 fully saturated rings. The highest BCUT2D eigenvalue weighted by Crippen LogP contribution is 2.21. The van der Waals surface area contributed by atoms with Crippen molar-refractivity contribution in [1.29, 1.82) is 0 Å². The molecular formula is C10H17NOS. The lowest BCUT2D eigenvalue weighted by molar-refractivity contribution is 0.190. The van der Waals surface area contributed by atoms with E-state index in [2.05, 4.69) is 18.4 Å². The number of ether oxygens (including phenoxy) is 1. The Labute approximate surface area is 83.7 Å². The molecule has 2 N–H and O–H groups in total. The summed E-state index contributed by atoms with van der Waals surface area (Å²) < 4.78 is 4.98. The third-order valence-electron chi connectivity index (χ3n) is 2.04. The van der Waals surface area contributed by atoms with Crippen molar-refractivity contribution in [3.05, 3.63) is 21.9 Å². The van der Waals surface area contributed by atoms with Gasteiger partial charge in [0.15, 0.2) is 0 Å². The first-order valence-corrected chi connectivity index (χ1v) is 5.41. The summed E-state index contributed by atoms with van der Waals surface area (Å²) in [6, 6.07) is 2.35. The van der Waals surface area contributed by atoms with Gasteiger partial charge in [-0.15, -0.1) is 11.3 Å². The van der Waals surface area contributed by atoms with E-state index >= 15 is 0 Å². The Hall–Kier alpha value is -0.380. The summed E-state index contributed by atoms with van der Waals surface area (Å²) in [4.78, 5) is 1.33. The molecule has 0 bridgehead atoms. The number of hydrogen-bond acceptors (Lipinski definition) is 3. The van der Waals surface area contributed by atoms with Gasteiger partial charge >= 0.3 is 0 Å². The van der Waals surface area contributed by atoms with Crippen LogP contribution in [0.1, 0.15) is 29.3 Å². The maximum Gasteiger partial charge on any atom is 0.0462 e. The van der Waals surface area contributed by atoms with E-state index < -0.39 is 0 Å². The Kier molecular flexibility index (Phi) is 4.42. The van der Waals surface area contributed by atoms with Gasteiger partial charge in [0, 0.05) is 24.6 Å². The van der Waals surface area contributed by atoms with Gasteiger partial charge in [0.1, 0.15) is 0 Å². The zero-order valence-corrected chi connectivity index (χ0v) is 9.06. The van der Waals surface area contributed by atoms with Crippen molar-refractivity contribution in [3.8, 4) is 0 Å². The summed E-state index contributed by atoms with van der Waals surface area (Å²) in [6.45, 7) is 2.91. The molecule has 1 aromatic heterocycles. The van der Waals surface area contributed by atoms with E-state index in [4.69, 9.17) is 10.5 Å². The molecule has 0 saturated heterocycles. The van der Waals surface area contributed by atoms with Crippen molar-refractivity contribution in [2.45, 2.75) is 25.8 Å². The van der Waals surface area contributed by atoms with Crippen LogP contribution in [0, 0.1) is 6.92 Å². The number of rotatable bonds is 5. The van der Waals surface area contributed by atoms with Crippen molar-refractivity contribution >= 4 is 11.3 Å². The van der Waals surface area contributed by atoms with Gasteiger partial charge in [-0.3, -0.25) is 0 Å². The lowest BCUT2D eigenvalue weighted by Gasteiger charge is -2.08. The standard InChI is InChI=1S/C10H17NOS/c1-8-6-9(7-13-8)10(11)4-3-5-12-2/h6-7,10H,3-5,11H2,1-2H3. The minimum Gasteiger partial charge on any atom is -0.385 e. The first kappa shape index (κ1) is 10.7. The number of nitrogens with two attached hydrogens (primary N) is 1. The van der Waals surface area contributed by atoms with Crippen molar-refractivity contribution in [3.63, 3.8) is 0 Å². The molecule has 0 radical (unpaired) electrons. The molecule has 0 amide bonds. The summed E-state index contributed by atoms with van der Waals surface area (Å²) in [7, 11) is 1.72. The highest BCUT2D eigenvalue weighted by molar-refractivity contribution is 7.10. The van der Waals surface area contributed by atoms with Gasteiger partial charge in [0.2, 0.25) is 0 Å². The Morgan fingerprint density at radius 3 is 2.92 bits per heavy atom. The van der Waals surface area contributed by atoms with Crippen LogP contribution in [0.25, 0.3) is 0 Å². The van der Waals surface area contributed by atoms with Crippen LogP contribution < -0.4 is 5.73 Å². The molecule has 1 unspecified atom stereocenters. The van der Waals surface area contributed by atoms with E-state index in [9.17, 15) is 0 Å². The summed E-state index contributed by atoms with van der Waals surface area (Å²) >= 11 is 1.76. The third kappa shape index (κ3) is 3.46. The van der Waals surface area contributed by atoms with E-state index in [1.54, 1.807) is 18.4 Å². The molecule has 0 spiro atoms. The second-order valence-electron chi connectivity index (χ2n) is 3.23. The Morgan fingerprint density at radius 1 is 1.62 bits per heavy atom. The predicted octanol–water partition coefficient (Wildman–Crippen LogP) is 2.48. The van der Waals surface area contributed by atoms with Gasteiger partial charge in [-0.2, -0.15) is 0 Å². The highest BCUT2D eigenvalue weighted by atomic mass is 32.1. The Bertz CT molecular complexity index is 247. The molecule has 0 aliphatic carbocycles. The van der Waals surface area contributed by atoms with Gasteiger partial charge < -0.3 is 10.5 Å². The first-order chi connectivity index (χ1) is 6.24. The smallest absolute Gasteiger partial charge is 0.0462 e. The van der Waals surface area contributed by atoms with Crippen LogP contribution in [0.4, 0.5) is 0 Å². The van der Waals surface area contributed by atoms with E-state index in [1.165, 1.54) is 10.4 Å². The zero-order chi connectivity index (χ0) is 9.68. The van der Waals surface area contributed by atoms with E-state index in [-0.39, 0.29) is 6.04 Å². The molecule has 1 atom stereocenters. The van der Waals surface area contributed by atoms with Crippen molar-refractivity contribution in [2.75, 3.05) is 13.7 Å². The summed E-state index contributed by atoms with van der Waals surface area (Å²) in [5, 5.41) is 2.15. The average molecular weight is 199 g/mol. The van der Waals surface area contributed by atoms with E-state index in [0.29, 0.717) is 0 Å². The van der Waals surface area contributed by atoms with Gasteiger partial charge in [-0.05, 0) is 36.8 Å². The number of aryl methyl sites for hydroxylation is 1. The highest BCUT2D eigenvalue weighted by Gasteiger charge is 2.06. The second kappa shape index (κ2) is 5.37. The fourth-order valence-corrected chi connectivity index (χ4v) is 2.04. The predicted molar refractivity (Wildman–Crippen MR) is 57.1 cm³/mol. The SMILES string of the molecule is COCCCC(N)c1csc(C)c1. The molecule has 0 saturated carbocycles. The first-order valence-electron chi connectivity index (χ1n) is 4.53. The monoisotopic (exact) mass is 199 g/mol. The van der Waals surface area contributed by atoms with Crippen LogP contribution in [0.3, 0.4) is 0 Å². The van der Waals surface area contributed by atoms with Crippen LogP contribution in [0.5, 0.6) is 0 Å². The minimum absolute atomic E-state index is 0.181. The molecule has 3 heteroatoms. The molecule has 1 aromatic rings. The zero-order valence-electron chi connectivity index (χ0n) is 8.25. The maximum atomic E-state index is 6.00. The lowest BCUT2D eigenvalue weighted by atomic mass is 10.1. The maximum absolute atomic E-state index is 6.00. The minimum atomic E-state index is 0.181. The van der Waals surface area contributed by atoms with Crippen LogP contribution in [-0.4, -0.2) is 13.7 Å². The summed E-state index contributed by atoms with van der Waals surface area (Å²) in [6.07, 6.45) is 2.04. The Morgan fingerprint density at radius 2 is 2.38 bits per heavy atom. The van der Waals surface area contributed by atoms with Crippen LogP contribution in [-0.2, 0) is 4.74 Å². The average Bonchev–Trinajstić information content (AvgIpc) is 2.52. The molecule has 0 aromatic carbocycles. The number of thiophene rings is 1. The fraction of sp³-hybridized carbons (Fsp3) is 0.600. The summed E-state index contributed by atoms with van der Waals surface area (Å²) in [5.41, 5.74) is 7.26. The second-order valence-corrected chi connectivity index (χ2v) is 4.35. The van der Waals surface area contributed by atoms with Crippen LogP contribution in [0.15, 0.2) is 11.4 Å². The van der Waals surface area contributed by atoms with Gasteiger partial charge in [0.25, 0.3) is 0 Å².